The average molecular weight is 448 g/mol. The Kier molecular flexibility index (Phi) is 6.16. The summed E-state index contributed by atoms with van der Waals surface area (Å²) in [6, 6.07) is 9.24. The number of hydrogen-bond acceptors (Lipinski definition) is 3. The van der Waals surface area contributed by atoms with E-state index in [1.165, 1.54) is 22.8 Å². The highest BCUT2D eigenvalue weighted by atomic mass is 35.5. The van der Waals surface area contributed by atoms with E-state index in [2.05, 4.69) is 0 Å². The predicted molar refractivity (Wildman–Crippen MR) is 119 cm³/mol. The number of phenolic OH excluding ortho intramolecular Hbond substituents is 1. The van der Waals surface area contributed by atoms with Gasteiger partial charge in [-0.15, -0.1) is 0 Å². The van der Waals surface area contributed by atoms with Gasteiger partial charge in [0.1, 0.15) is 5.75 Å². The summed E-state index contributed by atoms with van der Waals surface area (Å²) in [7, 11) is 0. The minimum atomic E-state index is -1.21. The highest BCUT2D eigenvalue weighted by Crippen LogP contribution is 2.41. The van der Waals surface area contributed by atoms with Crippen molar-refractivity contribution >= 4 is 46.0 Å². The van der Waals surface area contributed by atoms with Gasteiger partial charge in [-0.25, -0.2) is 0 Å². The van der Waals surface area contributed by atoms with E-state index in [0.717, 1.165) is 6.42 Å². The van der Waals surface area contributed by atoms with Crippen LogP contribution in [0.3, 0.4) is 0 Å². The van der Waals surface area contributed by atoms with E-state index in [4.69, 9.17) is 23.2 Å². The molecule has 0 spiro atoms. The second kappa shape index (κ2) is 8.32. The number of aromatic hydroxyl groups is 1. The van der Waals surface area contributed by atoms with Crippen LogP contribution in [-0.2, 0) is 10.2 Å². The first-order valence-corrected chi connectivity index (χ1v) is 10.4. The van der Waals surface area contributed by atoms with Crippen LogP contribution >= 0.6 is 23.2 Å². The lowest BCUT2D eigenvalue weighted by atomic mass is 9.76. The summed E-state index contributed by atoms with van der Waals surface area (Å²) >= 11 is 12.1. The number of rotatable bonds is 6. The number of fused-ring (bicyclic) bond motifs is 1. The summed E-state index contributed by atoms with van der Waals surface area (Å²) in [6.07, 6.45) is 1.97. The van der Waals surface area contributed by atoms with Gasteiger partial charge in [0.2, 0.25) is 0 Å². The SMILES string of the molecule is CCCC[C@@](C)(C(=O)O)c1c(C)n(C(=O)c2ccc(Cl)c(Cl)c2)c2ccc(O)cc12. The Bertz CT molecular complexity index is 1150. The molecule has 0 amide bonds. The van der Waals surface area contributed by atoms with Crippen molar-refractivity contribution in [3.05, 3.63) is 63.3 Å². The van der Waals surface area contributed by atoms with Crippen LogP contribution in [-0.4, -0.2) is 26.7 Å². The first kappa shape index (κ1) is 22.2. The van der Waals surface area contributed by atoms with E-state index >= 15 is 0 Å². The van der Waals surface area contributed by atoms with Gasteiger partial charge in [-0.2, -0.15) is 0 Å². The third-order valence-corrected chi connectivity index (χ3v) is 6.35. The Morgan fingerprint density at radius 3 is 2.40 bits per heavy atom. The third-order valence-electron chi connectivity index (χ3n) is 5.61. The quantitative estimate of drug-likeness (QED) is 0.472. The molecule has 7 heteroatoms. The first-order chi connectivity index (χ1) is 14.1. The number of carbonyl (C=O) groups is 2. The molecule has 2 aromatic carbocycles. The molecule has 1 aromatic heterocycles. The molecular weight excluding hydrogens is 425 g/mol. The zero-order valence-electron chi connectivity index (χ0n) is 17.0. The summed E-state index contributed by atoms with van der Waals surface area (Å²) in [5.74, 6) is -1.31. The minimum Gasteiger partial charge on any atom is -0.508 e. The number of phenols is 1. The Hall–Kier alpha value is -2.50. The van der Waals surface area contributed by atoms with Gasteiger partial charge < -0.3 is 10.2 Å². The summed E-state index contributed by atoms with van der Waals surface area (Å²) in [6.45, 7) is 5.40. The van der Waals surface area contributed by atoms with Crippen molar-refractivity contribution in [1.82, 2.24) is 4.57 Å². The van der Waals surface area contributed by atoms with Crippen molar-refractivity contribution in [1.29, 1.82) is 0 Å². The number of hydrogen-bond donors (Lipinski definition) is 2. The standard InChI is InChI=1S/C23H23Cl2NO4/c1-4-5-10-23(3,22(29)30)20-13(2)26(19-9-7-15(27)12-16(19)20)21(28)14-6-8-17(24)18(25)11-14/h6-9,11-12,27H,4-5,10H2,1-3H3,(H,29,30)/t23-/m1/s1. The number of halogens is 2. The van der Waals surface area contributed by atoms with Gasteiger partial charge in [-0.1, -0.05) is 43.0 Å². The van der Waals surface area contributed by atoms with Gasteiger partial charge in [0.05, 0.1) is 21.0 Å². The van der Waals surface area contributed by atoms with Crippen molar-refractivity contribution in [3.63, 3.8) is 0 Å². The van der Waals surface area contributed by atoms with Crippen LogP contribution in [0.25, 0.3) is 10.9 Å². The lowest BCUT2D eigenvalue weighted by Gasteiger charge is -2.26. The van der Waals surface area contributed by atoms with Gasteiger partial charge in [-0.3, -0.25) is 14.2 Å². The highest BCUT2D eigenvalue weighted by Gasteiger charge is 2.40. The molecule has 1 heterocycles. The van der Waals surface area contributed by atoms with Crippen molar-refractivity contribution in [2.45, 2.75) is 45.4 Å². The van der Waals surface area contributed by atoms with E-state index < -0.39 is 11.4 Å². The lowest BCUT2D eigenvalue weighted by molar-refractivity contribution is -0.143. The number of aliphatic carboxylic acids is 1. The zero-order valence-corrected chi connectivity index (χ0v) is 18.5. The maximum absolute atomic E-state index is 13.4. The number of benzene rings is 2. The molecule has 0 fully saturated rings. The molecule has 0 aliphatic heterocycles. The molecular formula is C23H23Cl2NO4. The van der Waals surface area contributed by atoms with E-state index in [9.17, 15) is 19.8 Å². The largest absolute Gasteiger partial charge is 0.508 e. The fraction of sp³-hybridized carbons (Fsp3) is 0.304. The molecule has 0 radical (unpaired) electrons. The van der Waals surface area contributed by atoms with Gasteiger partial charge >= 0.3 is 5.97 Å². The van der Waals surface area contributed by atoms with E-state index in [0.29, 0.717) is 45.6 Å². The molecule has 0 aliphatic carbocycles. The number of nitrogens with zero attached hydrogens (tertiary/aromatic N) is 1. The van der Waals surface area contributed by atoms with Crippen molar-refractivity contribution in [2.75, 3.05) is 0 Å². The molecule has 0 unspecified atom stereocenters. The number of carboxylic acid groups (broad SMARTS) is 1. The second-order valence-corrected chi connectivity index (χ2v) is 8.49. The summed E-state index contributed by atoms with van der Waals surface area (Å²) in [4.78, 5) is 25.8. The monoisotopic (exact) mass is 447 g/mol. The van der Waals surface area contributed by atoms with Crippen LogP contribution in [0.1, 0.15) is 54.7 Å². The smallest absolute Gasteiger partial charge is 0.313 e. The fourth-order valence-electron chi connectivity index (χ4n) is 3.99. The Labute approximate surface area is 184 Å². The number of carbonyl (C=O) groups excluding carboxylic acids is 1. The van der Waals surface area contributed by atoms with Crippen molar-refractivity contribution in [2.24, 2.45) is 0 Å². The highest BCUT2D eigenvalue weighted by molar-refractivity contribution is 6.42. The molecule has 5 nitrogen and oxygen atoms in total. The Morgan fingerprint density at radius 1 is 1.10 bits per heavy atom. The first-order valence-electron chi connectivity index (χ1n) is 9.69. The average Bonchev–Trinajstić information content (AvgIpc) is 2.98. The van der Waals surface area contributed by atoms with Crippen LogP contribution in [0.5, 0.6) is 5.75 Å². The predicted octanol–water partition coefficient (Wildman–Crippen LogP) is 6.18. The van der Waals surface area contributed by atoms with Crippen molar-refractivity contribution in [3.8, 4) is 5.75 Å². The fourth-order valence-corrected chi connectivity index (χ4v) is 4.29. The van der Waals surface area contributed by atoms with Gasteiger partial charge in [0.15, 0.2) is 0 Å². The molecule has 158 valence electrons. The molecule has 3 rings (SSSR count). The molecule has 30 heavy (non-hydrogen) atoms. The summed E-state index contributed by atoms with van der Waals surface area (Å²) < 4.78 is 1.48. The lowest BCUT2D eigenvalue weighted by Crippen LogP contribution is -2.33. The normalized spacial score (nSPS) is 13.4. The van der Waals surface area contributed by atoms with Gasteiger partial charge in [-0.05, 0) is 62.2 Å². The number of unbranched alkanes of at least 4 members (excludes halogenated alkanes) is 1. The van der Waals surface area contributed by atoms with E-state index in [1.54, 1.807) is 32.0 Å². The third kappa shape index (κ3) is 3.68. The number of aromatic nitrogens is 1. The maximum atomic E-state index is 13.4. The summed E-state index contributed by atoms with van der Waals surface area (Å²) in [5.41, 5.74) is 0.695. The molecule has 0 bridgehead atoms. The van der Waals surface area contributed by atoms with Crippen LogP contribution in [0.15, 0.2) is 36.4 Å². The van der Waals surface area contributed by atoms with E-state index in [1.807, 2.05) is 6.92 Å². The molecule has 0 aliphatic rings. The van der Waals surface area contributed by atoms with Crippen LogP contribution in [0, 0.1) is 6.92 Å². The van der Waals surface area contributed by atoms with Crippen LogP contribution in [0.2, 0.25) is 10.0 Å². The Balaban J connectivity index is 2.32. The zero-order chi connectivity index (χ0) is 22.2. The summed E-state index contributed by atoms with van der Waals surface area (Å²) in [5, 5.41) is 21.3. The van der Waals surface area contributed by atoms with Crippen LogP contribution in [0.4, 0.5) is 0 Å². The number of carboxylic acids is 1. The minimum absolute atomic E-state index is 0.00566. The van der Waals surface area contributed by atoms with Gasteiger partial charge in [0, 0.05) is 16.6 Å². The molecule has 0 saturated carbocycles. The molecule has 3 aromatic rings. The van der Waals surface area contributed by atoms with E-state index in [-0.39, 0.29) is 16.7 Å². The molecule has 2 N–H and O–H groups in total. The second-order valence-electron chi connectivity index (χ2n) is 7.67. The maximum Gasteiger partial charge on any atom is 0.313 e. The van der Waals surface area contributed by atoms with Crippen molar-refractivity contribution < 1.29 is 19.8 Å². The Morgan fingerprint density at radius 2 is 1.80 bits per heavy atom. The van der Waals surface area contributed by atoms with Gasteiger partial charge in [0.25, 0.3) is 5.91 Å². The topological polar surface area (TPSA) is 79.5 Å². The molecule has 0 saturated heterocycles. The van der Waals surface area contributed by atoms with Crippen LogP contribution < -0.4 is 0 Å². The molecule has 1 atom stereocenters.